The van der Waals surface area contributed by atoms with Crippen molar-refractivity contribution in [2.75, 3.05) is 5.73 Å². The van der Waals surface area contributed by atoms with Gasteiger partial charge < -0.3 is 10.5 Å². The van der Waals surface area contributed by atoms with Gasteiger partial charge >= 0.3 is 0 Å². The lowest BCUT2D eigenvalue weighted by molar-refractivity contribution is 0.229. The Labute approximate surface area is 131 Å². The van der Waals surface area contributed by atoms with Gasteiger partial charge in [-0.05, 0) is 46.6 Å². The molecule has 106 valence electrons. The summed E-state index contributed by atoms with van der Waals surface area (Å²) >= 11 is 3.42. The van der Waals surface area contributed by atoms with Crippen LogP contribution in [0.4, 0.5) is 5.69 Å². The maximum atomic E-state index is 6.08. The van der Waals surface area contributed by atoms with Crippen LogP contribution in [0.25, 0.3) is 10.9 Å². The van der Waals surface area contributed by atoms with E-state index in [4.69, 9.17) is 10.5 Å². The monoisotopic (exact) mass is 342 g/mol. The molecule has 3 aromatic rings. The molecule has 0 aliphatic carbocycles. The Kier molecular flexibility index (Phi) is 3.80. The highest BCUT2D eigenvalue weighted by atomic mass is 79.9. The van der Waals surface area contributed by atoms with Crippen molar-refractivity contribution in [3.8, 4) is 5.75 Å². The van der Waals surface area contributed by atoms with Gasteiger partial charge in [0.25, 0.3) is 0 Å². The summed E-state index contributed by atoms with van der Waals surface area (Å²) in [5.41, 5.74) is 8.62. The van der Waals surface area contributed by atoms with Gasteiger partial charge in [0.2, 0.25) is 0 Å². The molecule has 3 rings (SSSR count). The maximum Gasteiger partial charge on any atom is 0.146 e. The number of halogens is 1. The summed E-state index contributed by atoms with van der Waals surface area (Å²) in [6.07, 6.45) is 1.70. The number of pyridine rings is 1. The summed E-state index contributed by atoms with van der Waals surface area (Å²) in [5.74, 6) is 0.739. The summed E-state index contributed by atoms with van der Waals surface area (Å²) in [6, 6.07) is 15.8. The van der Waals surface area contributed by atoms with Crippen molar-refractivity contribution in [2.45, 2.75) is 13.0 Å². The largest absolute Gasteiger partial charge is 0.484 e. The number of hydrogen-bond acceptors (Lipinski definition) is 3. The molecule has 2 N–H and O–H groups in total. The van der Waals surface area contributed by atoms with Gasteiger partial charge in [-0.15, -0.1) is 0 Å². The summed E-state index contributed by atoms with van der Waals surface area (Å²) in [7, 11) is 0. The molecule has 4 heteroatoms. The van der Waals surface area contributed by atoms with E-state index in [2.05, 4.69) is 20.9 Å². The highest BCUT2D eigenvalue weighted by Gasteiger charge is 2.12. The number of fused-ring (bicyclic) bond motifs is 1. The molecule has 0 bridgehead atoms. The van der Waals surface area contributed by atoms with Gasteiger partial charge in [-0.25, -0.2) is 0 Å². The lowest BCUT2D eigenvalue weighted by Crippen LogP contribution is -2.04. The van der Waals surface area contributed by atoms with Gasteiger partial charge in [-0.3, -0.25) is 4.98 Å². The van der Waals surface area contributed by atoms with Crippen LogP contribution in [0.3, 0.4) is 0 Å². The van der Waals surface area contributed by atoms with Crippen LogP contribution < -0.4 is 10.5 Å². The highest BCUT2D eigenvalue weighted by Crippen LogP contribution is 2.32. The molecule has 1 unspecified atom stereocenters. The number of anilines is 1. The van der Waals surface area contributed by atoms with Gasteiger partial charge in [0, 0.05) is 21.7 Å². The van der Waals surface area contributed by atoms with E-state index in [9.17, 15) is 0 Å². The van der Waals surface area contributed by atoms with Gasteiger partial charge in [0.15, 0.2) is 0 Å². The minimum absolute atomic E-state index is 0.0523. The zero-order valence-electron chi connectivity index (χ0n) is 11.6. The maximum absolute atomic E-state index is 6.08. The Morgan fingerprint density at radius 1 is 1.14 bits per heavy atom. The first-order chi connectivity index (χ1) is 10.1. The first-order valence-electron chi connectivity index (χ1n) is 6.70. The van der Waals surface area contributed by atoms with Gasteiger partial charge in [0.1, 0.15) is 17.4 Å². The average Bonchev–Trinajstić information content (AvgIpc) is 2.51. The number of ether oxygens (including phenoxy) is 1. The van der Waals surface area contributed by atoms with E-state index < -0.39 is 0 Å². The number of nitrogen functional groups attached to an aromatic ring is 1. The first-order valence-corrected chi connectivity index (χ1v) is 7.50. The van der Waals surface area contributed by atoms with Crippen molar-refractivity contribution in [2.24, 2.45) is 0 Å². The third-order valence-corrected chi connectivity index (χ3v) is 3.82. The first kappa shape index (κ1) is 13.9. The van der Waals surface area contributed by atoms with Crippen LogP contribution in [0.1, 0.15) is 18.6 Å². The van der Waals surface area contributed by atoms with Crippen LogP contribution in [0.5, 0.6) is 5.75 Å². The van der Waals surface area contributed by atoms with Gasteiger partial charge in [0.05, 0.1) is 0 Å². The molecular formula is C17H15BrN2O. The molecule has 0 fully saturated rings. The predicted octanol–water partition coefficient (Wildman–Crippen LogP) is 4.72. The second-order valence-corrected chi connectivity index (χ2v) is 5.79. The fraction of sp³-hybridized carbons (Fsp3) is 0.118. The van der Waals surface area contributed by atoms with E-state index in [-0.39, 0.29) is 6.10 Å². The molecule has 1 atom stereocenters. The molecule has 0 saturated heterocycles. The summed E-state index contributed by atoms with van der Waals surface area (Å²) < 4.78 is 6.97. The second-order valence-electron chi connectivity index (χ2n) is 4.87. The van der Waals surface area contributed by atoms with E-state index in [1.54, 1.807) is 6.20 Å². The molecular weight excluding hydrogens is 328 g/mol. The van der Waals surface area contributed by atoms with Gasteiger partial charge in [-0.2, -0.15) is 0 Å². The third kappa shape index (κ3) is 2.85. The van der Waals surface area contributed by atoms with Crippen LogP contribution in [-0.4, -0.2) is 4.98 Å². The van der Waals surface area contributed by atoms with Crippen LogP contribution >= 0.6 is 15.9 Å². The summed E-state index contributed by atoms with van der Waals surface area (Å²) in [6.45, 7) is 2.02. The number of aromatic nitrogens is 1. The number of nitrogens with zero attached hydrogens (tertiary/aromatic N) is 1. The lowest BCUT2D eigenvalue weighted by Gasteiger charge is -2.17. The van der Waals surface area contributed by atoms with Crippen molar-refractivity contribution >= 4 is 32.5 Å². The number of hydrogen-bond donors (Lipinski definition) is 1. The fourth-order valence-corrected chi connectivity index (χ4v) is 2.60. The van der Waals surface area contributed by atoms with Crippen molar-refractivity contribution < 1.29 is 4.74 Å². The predicted molar refractivity (Wildman–Crippen MR) is 89.3 cm³/mol. The smallest absolute Gasteiger partial charge is 0.146 e. The molecule has 0 saturated carbocycles. The average molecular weight is 343 g/mol. The molecule has 1 heterocycles. The Bertz CT molecular complexity index is 774. The Morgan fingerprint density at radius 3 is 2.67 bits per heavy atom. The Balaban J connectivity index is 2.00. The normalized spacial score (nSPS) is 12.3. The van der Waals surface area contributed by atoms with Crippen LogP contribution in [-0.2, 0) is 0 Å². The van der Waals surface area contributed by atoms with Crippen molar-refractivity contribution in [3.63, 3.8) is 0 Å². The SMILES string of the molecule is CC(Oc1ccc(N)c2cc(Br)cnc12)c1ccccc1. The van der Waals surface area contributed by atoms with E-state index in [1.165, 1.54) is 0 Å². The van der Waals surface area contributed by atoms with Crippen molar-refractivity contribution in [1.29, 1.82) is 0 Å². The fourth-order valence-electron chi connectivity index (χ4n) is 2.27. The standard InChI is InChI=1S/C17H15BrN2O/c1-11(12-5-3-2-4-6-12)21-16-8-7-15(19)14-9-13(18)10-20-17(14)16/h2-11H,19H2,1H3. The van der Waals surface area contributed by atoms with E-state index in [0.717, 1.165) is 26.7 Å². The number of benzene rings is 2. The summed E-state index contributed by atoms with van der Waals surface area (Å²) in [5, 5.41) is 0.891. The third-order valence-electron chi connectivity index (χ3n) is 3.39. The number of rotatable bonds is 3. The topological polar surface area (TPSA) is 48.1 Å². The molecule has 0 aliphatic rings. The van der Waals surface area contributed by atoms with Crippen LogP contribution in [0.2, 0.25) is 0 Å². The minimum Gasteiger partial charge on any atom is -0.484 e. The van der Waals surface area contributed by atoms with Crippen molar-refractivity contribution in [3.05, 3.63) is 64.8 Å². The molecule has 21 heavy (non-hydrogen) atoms. The Hall–Kier alpha value is -2.07. The van der Waals surface area contributed by atoms with E-state index in [0.29, 0.717) is 5.69 Å². The molecule has 2 aromatic carbocycles. The molecule has 0 aliphatic heterocycles. The second kappa shape index (κ2) is 5.74. The molecule has 3 nitrogen and oxygen atoms in total. The molecule has 0 amide bonds. The molecule has 0 spiro atoms. The van der Waals surface area contributed by atoms with E-state index >= 15 is 0 Å². The quantitative estimate of drug-likeness (QED) is 0.700. The van der Waals surface area contributed by atoms with Crippen LogP contribution in [0, 0.1) is 0 Å². The summed E-state index contributed by atoms with van der Waals surface area (Å²) in [4.78, 5) is 4.44. The minimum atomic E-state index is -0.0523. The van der Waals surface area contributed by atoms with Crippen LogP contribution in [0.15, 0.2) is 59.2 Å². The number of nitrogens with two attached hydrogens (primary N) is 1. The Morgan fingerprint density at radius 2 is 1.90 bits per heavy atom. The molecule has 1 aromatic heterocycles. The zero-order chi connectivity index (χ0) is 14.8. The molecule has 0 radical (unpaired) electrons. The van der Waals surface area contributed by atoms with E-state index in [1.807, 2.05) is 55.5 Å². The van der Waals surface area contributed by atoms with Crippen molar-refractivity contribution in [1.82, 2.24) is 4.98 Å². The van der Waals surface area contributed by atoms with Gasteiger partial charge in [-0.1, -0.05) is 30.3 Å². The highest BCUT2D eigenvalue weighted by molar-refractivity contribution is 9.10. The zero-order valence-corrected chi connectivity index (χ0v) is 13.2. The lowest BCUT2D eigenvalue weighted by atomic mass is 10.1.